The molecule has 2 amide bonds. The maximum Gasteiger partial charge on any atom is 0.242 e. The van der Waals surface area contributed by atoms with Crippen LogP contribution >= 0.6 is 0 Å². The van der Waals surface area contributed by atoms with Crippen LogP contribution in [0.25, 0.3) is 0 Å². The fraction of sp³-hybridized carbons (Fsp3) is 0.474. The molecule has 0 bridgehead atoms. The molecule has 1 unspecified atom stereocenters. The first kappa shape index (κ1) is 19.0. The summed E-state index contributed by atoms with van der Waals surface area (Å²) in [6, 6.07) is 3.81. The largest absolute Gasteiger partial charge is 0.374 e. The molecule has 0 saturated carbocycles. The predicted octanol–water partition coefficient (Wildman–Crippen LogP) is 3.59. The second kappa shape index (κ2) is 9.20. The summed E-state index contributed by atoms with van der Waals surface area (Å²) in [6.45, 7) is 3.69. The van der Waals surface area contributed by atoms with Gasteiger partial charge in [-0.05, 0) is 57.2 Å². The molecule has 1 aliphatic carbocycles. The Morgan fingerprint density at radius 3 is 2.76 bits per heavy atom. The van der Waals surface area contributed by atoms with Crippen molar-refractivity contribution >= 4 is 23.2 Å². The molecule has 1 aromatic carbocycles. The maximum atomic E-state index is 13.6. The molecule has 1 atom stereocenters. The summed E-state index contributed by atoms with van der Waals surface area (Å²) in [7, 11) is 0. The smallest absolute Gasteiger partial charge is 0.242 e. The number of nitrogens with one attached hydrogen (secondary N) is 3. The van der Waals surface area contributed by atoms with Gasteiger partial charge < -0.3 is 16.0 Å². The number of benzene rings is 1. The van der Waals surface area contributed by atoms with Crippen molar-refractivity contribution in [1.29, 1.82) is 0 Å². The van der Waals surface area contributed by atoms with E-state index >= 15 is 0 Å². The standard InChI is InChI=1S/C19H26FN3O2/c1-13(19(25)21-11-10-15-6-4-3-5-7-15)22-16-8-9-17(20)18(12-16)23-14(2)24/h6,8-9,12-13,22H,3-5,7,10-11H2,1-2H3,(H,21,25)(H,23,24). The van der Waals surface area contributed by atoms with E-state index in [4.69, 9.17) is 0 Å². The van der Waals surface area contributed by atoms with E-state index in [1.54, 1.807) is 6.92 Å². The highest BCUT2D eigenvalue weighted by molar-refractivity contribution is 5.90. The highest BCUT2D eigenvalue weighted by atomic mass is 19.1. The molecule has 0 aliphatic heterocycles. The van der Waals surface area contributed by atoms with Crippen molar-refractivity contribution in [1.82, 2.24) is 5.32 Å². The Hall–Kier alpha value is -2.37. The van der Waals surface area contributed by atoms with Gasteiger partial charge in [-0.1, -0.05) is 11.6 Å². The molecule has 1 aromatic rings. The van der Waals surface area contributed by atoms with Crippen molar-refractivity contribution in [3.05, 3.63) is 35.7 Å². The molecule has 0 heterocycles. The molecule has 5 nitrogen and oxygen atoms in total. The zero-order valence-corrected chi connectivity index (χ0v) is 14.8. The van der Waals surface area contributed by atoms with Crippen LogP contribution in [0.3, 0.4) is 0 Å². The van der Waals surface area contributed by atoms with Gasteiger partial charge in [0, 0.05) is 19.2 Å². The summed E-state index contributed by atoms with van der Waals surface area (Å²) in [5, 5.41) is 8.37. The molecule has 0 radical (unpaired) electrons. The lowest BCUT2D eigenvalue weighted by Crippen LogP contribution is -2.38. The van der Waals surface area contributed by atoms with Crippen molar-refractivity contribution < 1.29 is 14.0 Å². The summed E-state index contributed by atoms with van der Waals surface area (Å²) in [6.07, 6.45) is 7.93. The first-order valence-corrected chi connectivity index (χ1v) is 8.75. The van der Waals surface area contributed by atoms with Gasteiger partial charge in [-0.25, -0.2) is 4.39 Å². The number of hydrogen-bond acceptors (Lipinski definition) is 3. The van der Waals surface area contributed by atoms with Gasteiger partial charge >= 0.3 is 0 Å². The minimum atomic E-state index is -0.515. The van der Waals surface area contributed by atoms with E-state index in [0.717, 1.165) is 19.3 Å². The SMILES string of the molecule is CC(=O)Nc1cc(NC(C)C(=O)NCCC2=CCCCC2)ccc1F. The molecule has 0 saturated heterocycles. The minimum Gasteiger partial charge on any atom is -0.374 e. The lowest BCUT2D eigenvalue weighted by atomic mass is 9.97. The number of halogens is 1. The number of carbonyl (C=O) groups is 2. The number of amides is 2. The van der Waals surface area contributed by atoms with Gasteiger partial charge in [-0.3, -0.25) is 9.59 Å². The third kappa shape index (κ3) is 6.21. The van der Waals surface area contributed by atoms with Crippen molar-refractivity contribution in [3.8, 4) is 0 Å². The van der Waals surface area contributed by atoms with Crippen LogP contribution in [-0.4, -0.2) is 24.4 Å². The van der Waals surface area contributed by atoms with Gasteiger partial charge in [-0.2, -0.15) is 0 Å². The van der Waals surface area contributed by atoms with Crippen molar-refractivity contribution in [2.45, 2.75) is 52.0 Å². The first-order valence-electron chi connectivity index (χ1n) is 8.75. The Balaban J connectivity index is 1.83. The zero-order valence-electron chi connectivity index (χ0n) is 14.8. The highest BCUT2D eigenvalue weighted by Crippen LogP contribution is 2.21. The van der Waals surface area contributed by atoms with Gasteiger partial charge in [0.2, 0.25) is 11.8 Å². The Morgan fingerprint density at radius 1 is 1.28 bits per heavy atom. The number of anilines is 2. The molecule has 0 fully saturated rings. The highest BCUT2D eigenvalue weighted by Gasteiger charge is 2.14. The van der Waals surface area contributed by atoms with Crippen LogP contribution in [0.15, 0.2) is 29.8 Å². The fourth-order valence-electron chi connectivity index (χ4n) is 2.85. The van der Waals surface area contributed by atoms with E-state index in [1.165, 1.54) is 43.5 Å². The van der Waals surface area contributed by atoms with E-state index in [-0.39, 0.29) is 17.5 Å². The molecule has 3 N–H and O–H groups in total. The van der Waals surface area contributed by atoms with Crippen LogP contribution in [0.4, 0.5) is 15.8 Å². The average Bonchev–Trinajstić information content (AvgIpc) is 2.58. The first-order chi connectivity index (χ1) is 12.0. The van der Waals surface area contributed by atoms with Gasteiger partial charge in [0.25, 0.3) is 0 Å². The van der Waals surface area contributed by atoms with Gasteiger partial charge in [0.15, 0.2) is 0 Å². The van der Waals surface area contributed by atoms with Crippen LogP contribution < -0.4 is 16.0 Å². The van der Waals surface area contributed by atoms with Crippen molar-refractivity contribution in [2.24, 2.45) is 0 Å². The van der Waals surface area contributed by atoms with Crippen LogP contribution in [0, 0.1) is 5.82 Å². The third-order valence-corrected chi connectivity index (χ3v) is 4.18. The normalized spacial score (nSPS) is 15.1. The second-order valence-corrected chi connectivity index (χ2v) is 6.39. The number of rotatable bonds is 7. The summed E-state index contributed by atoms with van der Waals surface area (Å²) in [5.41, 5.74) is 2.09. The summed E-state index contributed by atoms with van der Waals surface area (Å²) >= 11 is 0. The lowest BCUT2D eigenvalue weighted by molar-refractivity contribution is -0.121. The maximum absolute atomic E-state index is 13.6. The van der Waals surface area contributed by atoms with Crippen LogP contribution in [0.1, 0.15) is 46.0 Å². The Kier molecular flexibility index (Phi) is 6.98. The molecule has 0 spiro atoms. The zero-order chi connectivity index (χ0) is 18.2. The predicted molar refractivity (Wildman–Crippen MR) is 98.0 cm³/mol. The number of allylic oxidation sites excluding steroid dienone is 1. The average molecular weight is 347 g/mol. The monoisotopic (exact) mass is 347 g/mol. The Bertz CT molecular complexity index is 658. The van der Waals surface area contributed by atoms with Crippen LogP contribution in [0.2, 0.25) is 0 Å². The van der Waals surface area contributed by atoms with Gasteiger partial charge in [0.05, 0.1) is 5.69 Å². The van der Waals surface area contributed by atoms with Crippen molar-refractivity contribution in [2.75, 3.05) is 17.2 Å². The third-order valence-electron chi connectivity index (χ3n) is 4.18. The number of carbonyl (C=O) groups excluding carboxylic acids is 2. The van der Waals surface area contributed by atoms with Crippen LogP contribution in [-0.2, 0) is 9.59 Å². The van der Waals surface area contributed by atoms with Gasteiger partial charge in [-0.15, -0.1) is 0 Å². The Morgan fingerprint density at radius 2 is 2.08 bits per heavy atom. The second-order valence-electron chi connectivity index (χ2n) is 6.39. The van der Waals surface area contributed by atoms with E-state index in [9.17, 15) is 14.0 Å². The quantitative estimate of drug-likeness (QED) is 0.660. The number of hydrogen-bond donors (Lipinski definition) is 3. The molecule has 136 valence electrons. The topological polar surface area (TPSA) is 70.2 Å². The molecule has 25 heavy (non-hydrogen) atoms. The van der Waals surface area contributed by atoms with Gasteiger partial charge in [0.1, 0.15) is 11.9 Å². The lowest BCUT2D eigenvalue weighted by Gasteiger charge is -2.17. The fourth-order valence-corrected chi connectivity index (χ4v) is 2.85. The molecule has 0 aromatic heterocycles. The molecular formula is C19H26FN3O2. The molecule has 6 heteroatoms. The van der Waals surface area contributed by atoms with E-state index in [1.807, 2.05) is 0 Å². The summed E-state index contributed by atoms with van der Waals surface area (Å²) < 4.78 is 13.6. The van der Waals surface area contributed by atoms with Crippen LogP contribution in [0.5, 0.6) is 0 Å². The summed E-state index contributed by atoms with van der Waals surface area (Å²) in [4.78, 5) is 23.3. The van der Waals surface area contributed by atoms with E-state index in [0.29, 0.717) is 12.2 Å². The van der Waals surface area contributed by atoms with E-state index in [2.05, 4.69) is 22.0 Å². The summed E-state index contributed by atoms with van der Waals surface area (Å²) in [5.74, 6) is -0.973. The Labute approximate surface area is 148 Å². The minimum absolute atomic E-state index is 0.0920. The molecule has 2 rings (SSSR count). The van der Waals surface area contributed by atoms with E-state index < -0.39 is 11.9 Å². The molecular weight excluding hydrogens is 321 g/mol. The van der Waals surface area contributed by atoms with Crippen molar-refractivity contribution in [3.63, 3.8) is 0 Å². The molecule has 1 aliphatic rings.